The van der Waals surface area contributed by atoms with Crippen LogP contribution in [0.25, 0.3) is 0 Å². The lowest BCUT2D eigenvalue weighted by Gasteiger charge is -2.06. The molecule has 1 aromatic rings. The summed E-state index contributed by atoms with van der Waals surface area (Å²) in [5.41, 5.74) is 0.0604. The van der Waals surface area contributed by atoms with E-state index in [1.165, 1.54) is 6.92 Å². The summed E-state index contributed by atoms with van der Waals surface area (Å²) in [6, 6.07) is 0. The quantitative estimate of drug-likeness (QED) is 0.803. The van der Waals surface area contributed by atoms with Crippen LogP contribution in [0.1, 0.15) is 36.5 Å². The molecule has 6 nitrogen and oxygen atoms in total. The number of rotatable bonds is 5. The number of nitrogens with one attached hydrogen (secondary N) is 2. The van der Waals surface area contributed by atoms with Gasteiger partial charge in [0.1, 0.15) is 4.90 Å². The molecule has 1 heterocycles. The normalized spacial score (nSPS) is 11.8. The minimum Gasteiger partial charge on any atom is -0.351 e. The van der Waals surface area contributed by atoms with Crippen molar-refractivity contribution in [3.8, 4) is 0 Å². The predicted molar refractivity (Wildman–Crippen MR) is 68.2 cm³/mol. The first-order valence-electron chi connectivity index (χ1n) is 5.51. The van der Waals surface area contributed by atoms with Gasteiger partial charge in [-0.25, -0.2) is 8.42 Å². The standard InChI is InChI=1S/C10H16ClN3O3S/c1-6(2)4-5-12-10(15)8-9(18(11,16)17)7(3)13-14-8/h6H,4-5H2,1-3H3,(H,12,15)(H,13,14). The summed E-state index contributed by atoms with van der Waals surface area (Å²) in [6.45, 7) is 6.01. The fraction of sp³-hybridized carbons (Fsp3) is 0.600. The summed E-state index contributed by atoms with van der Waals surface area (Å²) in [6.07, 6.45) is 0.804. The highest BCUT2D eigenvalue weighted by molar-refractivity contribution is 8.13. The van der Waals surface area contributed by atoms with Crippen LogP contribution in [0, 0.1) is 12.8 Å². The summed E-state index contributed by atoms with van der Waals surface area (Å²) in [5.74, 6) is -0.0957. The second kappa shape index (κ2) is 5.71. The van der Waals surface area contributed by atoms with Crippen LogP contribution >= 0.6 is 10.7 Å². The van der Waals surface area contributed by atoms with Gasteiger partial charge in [-0.2, -0.15) is 5.10 Å². The molecule has 0 radical (unpaired) electrons. The Morgan fingerprint density at radius 2 is 2.11 bits per heavy atom. The lowest BCUT2D eigenvalue weighted by molar-refractivity contribution is 0.0943. The van der Waals surface area contributed by atoms with Gasteiger partial charge in [-0.1, -0.05) is 13.8 Å². The molecule has 0 aliphatic heterocycles. The van der Waals surface area contributed by atoms with E-state index in [9.17, 15) is 13.2 Å². The summed E-state index contributed by atoms with van der Waals surface area (Å²) in [4.78, 5) is 11.5. The fourth-order valence-corrected chi connectivity index (χ4v) is 2.78. The van der Waals surface area contributed by atoms with Gasteiger partial charge in [0, 0.05) is 17.2 Å². The molecule has 0 saturated heterocycles. The number of aromatic nitrogens is 2. The number of H-pyrrole nitrogens is 1. The lowest BCUT2D eigenvalue weighted by Crippen LogP contribution is -2.26. The number of hydrogen-bond donors (Lipinski definition) is 2. The van der Waals surface area contributed by atoms with Gasteiger partial charge in [0.15, 0.2) is 5.69 Å². The van der Waals surface area contributed by atoms with Crippen LogP contribution in [0.15, 0.2) is 4.90 Å². The summed E-state index contributed by atoms with van der Waals surface area (Å²) in [7, 11) is 1.28. The maximum absolute atomic E-state index is 11.8. The van der Waals surface area contributed by atoms with Gasteiger partial charge in [-0.05, 0) is 19.3 Å². The van der Waals surface area contributed by atoms with Gasteiger partial charge in [-0.15, -0.1) is 0 Å². The molecule has 0 atom stereocenters. The highest BCUT2D eigenvalue weighted by Gasteiger charge is 2.26. The van der Waals surface area contributed by atoms with Crippen molar-refractivity contribution in [2.75, 3.05) is 6.54 Å². The van der Waals surface area contributed by atoms with Crippen molar-refractivity contribution in [1.29, 1.82) is 0 Å². The Morgan fingerprint density at radius 1 is 1.50 bits per heavy atom. The Kier molecular flexibility index (Phi) is 4.75. The Hall–Kier alpha value is -1.08. The number of carbonyl (C=O) groups excluding carboxylic acids is 1. The zero-order chi connectivity index (χ0) is 13.9. The van der Waals surface area contributed by atoms with Crippen molar-refractivity contribution < 1.29 is 13.2 Å². The Labute approximate surface area is 111 Å². The molecule has 0 saturated carbocycles. The smallest absolute Gasteiger partial charge is 0.273 e. The van der Waals surface area contributed by atoms with E-state index in [4.69, 9.17) is 10.7 Å². The first-order valence-corrected chi connectivity index (χ1v) is 7.82. The van der Waals surface area contributed by atoms with Crippen molar-refractivity contribution in [2.24, 2.45) is 5.92 Å². The third-order valence-electron chi connectivity index (χ3n) is 2.36. The molecule has 0 aliphatic carbocycles. The molecule has 0 aromatic carbocycles. The second-order valence-corrected chi connectivity index (χ2v) is 6.91. The molecule has 102 valence electrons. The average Bonchev–Trinajstić information content (AvgIpc) is 2.58. The SMILES string of the molecule is Cc1[nH]nc(C(=O)NCCC(C)C)c1S(=O)(=O)Cl. The van der Waals surface area contributed by atoms with Crippen molar-refractivity contribution in [1.82, 2.24) is 15.5 Å². The highest BCUT2D eigenvalue weighted by atomic mass is 35.7. The largest absolute Gasteiger partial charge is 0.351 e. The van der Waals surface area contributed by atoms with Crippen LogP contribution in [0.2, 0.25) is 0 Å². The second-order valence-electron chi connectivity index (χ2n) is 4.40. The van der Waals surface area contributed by atoms with Gasteiger partial charge in [0.25, 0.3) is 15.0 Å². The number of amides is 1. The molecule has 8 heteroatoms. The van der Waals surface area contributed by atoms with Crippen molar-refractivity contribution in [3.63, 3.8) is 0 Å². The van der Waals surface area contributed by atoms with E-state index in [1.54, 1.807) is 0 Å². The van der Waals surface area contributed by atoms with Gasteiger partial charge in [0.2, 0.25) is 0 Å². The van der Waals surface area contributed by atoms with Gasteiger partial charge < -0.3 is 5.32 Å². The number of aryl methyl sites for hydroxylation is 1. The molecule has 1 rings (SSSR count). The van der Waals surface area contributed by atoms with E-state index in [0.717, 1.165) is 6.42 Å². The molecule has 0 aliphatic rings. The molecular weight excluding hydrogens is 278 g/mol. The maximum atomic E-state index is 11.8. The van der Waals surface area contributed by atoms with Gasteiger partial charge in [-0.3, -0.25) is 9.89 Å². The van der Waals surface area contributed by atoms with Gasteiger partial charge in [0.05, 0.1) is 5.69 Å². The predicted octanol–water partition coefficient (Wildman–Crippen LogP) is 1.42. The van der Waals surface area contributed by atoms with Crippen LogP contribution in [0.3, 0.4) is 0 Å². The summed E-state index contributed by atoms with van der Waals surface area (Å²) in [5, 5.41) is 8.74. The zero-order valence-corrected chi connectivity index (χ0v) is 12.0. The first kappa shape index (κ1) is 15.0. The van der Waals surface area contributed by atoms with Crippen molar-refractivity contribution in [2.45, 2.75) is 32.1 Å². The van der Waals surface area contributed by atoms with E-state index in [0.29, 0.717) is 12.5 Å². The Balaban J connectivity index is 2.88. The molecule has 2 N–H and O–H groups in total. The topological polar surface area (TPSA) is 91.9 Å². The lowest BCUT2D eigenvalue weighted by atomic mass is 10.1. The van der Waals surface area contributed by atoms with Crippen LogP contribution < -0.4 is 5.32 Å². The Morgan fingerprint density at radius 3 is 2.61 bits per heavy atom. The highest BCUT2D eigenvalue weighted by Crippen LogP contribution is 2.21. The fourth-order valence-electron chi connectivity index (χ4n) is 1.43. The monoisotopic (exact) mass is 293 g/mol. The minimum absolute atomic E-state index is 0.189. The van der Waals surface area contributed by atoms with Gasteiger partial charge >= 0.3 is 0 Å². The molecule has 1 amide bonds. The number of halogens is 1. The van der Waals surface area contributed by atoms with E-state index < -0.39 is 15.0 Å². The third-order valence-corrected chi connectivity index (χ3v) is 3.81. The molecular formula is C10H16ClN3O3S. The van der Waals surface area contributed by atoms with Crippen LogP contribution in [0.5, 0.6) is 0 Å². The average molecular weight is 294 g/mol. The molecule has 1 aromatic heterocycles. The number of aromatic amines is 1. The van der Waals surface area contributed by atoms with E-state index in [1.807, 2.05) is 13.8 Å². The third kappa shape index (κ3) is 3.71. The zero-order valence-electron chi connectivity index (χ0n) is 10.4. The number of carbonyl (C=O) groups is 1. The van der Waals surface area contributed by atoms with Crippen LogP contribution in [-0.4, -0.2) is 31.1 Å². The molecule has 18 heavy (non-hydrogen) atoms. The maximum Gasteiger partial charge on any atom is 0.273 e. The van der Waals surface area contributed by atoms with Crippen molar-refractivity contribution >= 4 is 25.6 Å². The Bertz CT molecular complexity index is 537. The molecule has 0 unspecified atom stereocenters. The summed E-state index contributed by atoms with van der Waals surface area (Å²) >= 11 is 0. The molecule has 0 spiro atoms. The summed E-state index contributed by atoms with van der Waals surface area (Å²) < 4.78 is 22.7. The van der Waals surface area contributed by atoms with Crippen LogP contribution in [0.4, 0.5) is 0 Å². The molecule has 0 fully saturated rings. The molecule has 0 bridgehead atoms. The number of nitrogens with zero attached hydrogens (tertiary/aromatic N) is 1. The van der Waals surface area contributed by atoms with E-state index in [-0.39, 0.29) is 16.3 Å². The van der Waals surface area contributed by atoms with Crippen LogP contribution in [-0.2, 0) is 9.05 Å². The van der Waals surface area contributed by atoms with E-state index >= 15 is 0 Å². The first-order chi connectivity index (χ1) is 8.23. The minimum atomic E-state index is -3.99. The van der Waals surface area contributed by atoms with E-state index in [2.05, 4.69) is 15.5 Å². The number of hydrogen-bond acceptors (Lipinski definition) is 4. The van der Waals surface area contributed by atoms with Crippen molar-refractivity contribution in [3.05, 3.63) is 11.4 Å².